The molecule has 0 aromatic carbocycles. The minimum Gasteiger partial charge on any atom is -0.287 e. The molecule has 0 saturated heterocycles. The number of allylic oxidation sites excluding steroid dienone is 2. The van der Waals surface area contributed by atoms with Crippen molar-refractivity contribution in [3.8, 4) is 0 Å². The maximum Gasteiger partial charge on any atom is 0.0505 e. The van der Waals surface area contributed by atoms with E-state index >= 15 is 0 Å². The molecule has 2 fully saturated rings. The third kappa shape index (κ3) is 1.54. The summed E-state index contributed by atoms with van der Waals surface area (Å²) < 4.78 is 0. The van der Waals surface area contributed by atoms with Crippen molar-refractivity contribution in [3.05, 3.63) is 12.2 Å². The summed E-state index contributed by atoms with van der Waals surface area (Å²) in [5.41, 5.74) is 2.53. The lowest BCUT2D eigenvalue weighted by Crippen LogP contribution is -2.23. The van der Waals surface area contributed by atoms with E-state index in [2.05, 4.69) is 39.8 Å². The molecule has 2 unspecified atom stereocenters. The zero-order valence-corrected chi connectivity index (χ0v) is 11.7. The van der Waals surface area contributed by atoms with Gasteiger partial charge in [0.15, 0.2) is 0 Å². The highest BCUT2D eigenvalue weighted by molar-refractivity contribution is 5.92. The van der Waals surface area contributed by atoms with Gasteiger partial charge in [-0.3, -0.25) is 4.99 Å². The molecule has 3 aliphatic rings. The van der Waals surface area contributed by atoms with E-state index in [4.69, 9.17) is 4.99 Å². The number of aliphatic imine (C=N–C) groups is 1. The molecule has 1 heterocycles. The van der Waals surface area contributed by atoms with Crippen molar-refractivity contribution in [1.82, 2.24) is 0 Å². The molecule has 0 radical (unpaired) electrons. The van der Waals surface area contributed by atoms with Gasteiger partial charge in [0.2, 0.25) is 0 Å². The molecular weight excluding hydrogens is 206 g/mol. The molecule has 1 spiro atoms. The van der Waals surface area contributed by atoms with Crippen molar-refractivity contribution in [2.24, 2.45) is 27.7 Å². The number of hydrogen-bond acceptors (Lipinski definition) is 1. The Morgan fingerprint density at radius 3 is 2.88 bits per heavy atom. The average molecular weight is 231 g/mol. The lowest BCUT2D eigenvalue weighted by Gasteiger charge is -2.25. The van der Waals surface area contributed by atoms with Gasteiger partial charge in [-0.2, -0.15) is 0 Å². The normalized spacial score (nSPS) is 52.9. The number of nitrogens with zero attached hydrogens (tertiary/aromatic N) is 1. The van der Waals surface area contributed by atoms with Crippen LogP contribution in [0.15, 0.2) is 17.1 Å². The summed E-state index contributed by atoms with van der Waals surface area (Å²) in [7, 11) is 0. The minimum absolute atomic E-state index is 0.475. The highest BCUT2D eigenvalue weighted by Gasteiger charge is 2.78. The summed E-state index contributed by atoms with van der Waals surface area (Å²) in [6, 6.07) is 0.475. The van der Waals surface area contributed by atoms with E-state index in [-0.39, 0.29) is 0 Å². The summed E-state index contributed by atoms with van der Waals surface area (Å²) in [4.78, 5) is 4.86. The largest absolute Gasteiger partial charge is 0.287 e. The Balaban J connectivity index is 1.87. The molecule has 0 bridgehead atoms. The van der Waals surface area contributed by atoms with Gasteiger partial charge in [0, 0.05) is 5.71 Å². The Hall–Kier alpha value is -0.590. The minimum atomic E-state index is 0.475. The van der Waals surface area contributed by atoms with E-state index in [1.807, 2.05) is 0 Å². The fourth-order valence-electron chi connectivity index (χ4n) is 4.46. The molecule has 2 saturated carbocycles. The highest BCUT2D eigenvalue weighted by atomic mass is 14.9. The van der Waals surface area contributed by atoms with Crippen LogP contribution in [0.25, 0.3) is 0 Å². The predicted octanol–water partition coefficient (Wildman–Crippen LogP) is 4.24. The summed E-state index contributed by atoms with van der Waals surface area (Å²) >= 11 is 0. The second-order valence-electron chi connectivity index (χ2n) is 6.93. The first-order valence-electron chi connectivity index (χ1n) is 7.20. The van der Waals surface area contributed by atoms with Crippen LogP contribution >= 0.6 is 0 Å². The van der Waals surface area contributed by atoms with E-state index in [0.29, 0.717) is 11.5 Å². The first kappa shape index (κ1) is 11.5. The maximum atomic E-state index is 4.86. The lowest BCUT2D eigenvalue weighted by molar-refractivity contribution is 0.276. The summed E-state index contributed by atoms with van der Waals surface area (Å²) in [6.45, 7) is 9.38. The van der Waals surface area contributed by atoms with E-state index in [9.17, 15) is 0 Å². The summed E-state index contributed by atoms with van der Waals surface area (Å²) in [5, 5.41) is 0. The standard InChI is InChI=1S/C16H25N/c1-11-7-5-6-8-14-9-16(14)10-15(16,4)12(2)13(3)17-11/h5,7,12-14H,6,8-10H2,1-4H3/t12-,13?,14-,15+,16?/m0/s1. The van der Waals surface area contributed by atoms with Crippen molar-refractivity contribution in [2.75, 3.05) is 0 Å². The van der Waals surface area contributed by atoms with Gasteiger partial charge in [0.1, 0.15) is 0 Å². The third-order valence-corrected chi connectivity index (χ3v) is 6.10. The summed E-state index contributed by atoms with van der Waals surface area (Å²) in [5.74, 6) is 1.75. The van der Waals surface area contributed by atoms with Crippen LogP contribution in [0.2, 0.25) is 0 Å². The maximum absolute atomic E-state index is 4.86. The topological polar surface area (TPSA) is 12.4 Å². The van der Waals surface area contributed by atoms with E-state index in [1.54, 1.807) is 0 Å². The van der Waals surface area contributed by atoms with Crippen LogP contribution in [-0.2, 0) is 0 Å². The van der Waals surface area contributed by atoms with Crippen molar-refractivity contribution in [2.45, 2.75) is 59.4 Å². The molecular formula is C16H25N. The number of rotatable bonds is 0. The Morgan fingerprint density at radius 2 is 2.12 bits per heavy atom. The monoisotopic (exact) mass is 231 g/mol. The van der Waals surface area contributed by atoms with E-state index in [0.717, 1.165) is 17.3 Å². The van der Waals surface area contributed by atoms with Gasteiger partial charge in [0.25, 0.3) is 0 Å². The van der Waals surface area contributed by atoms with Crippen LogP contribution in [0.1, 0.15) is 53.4 Å². The molecule has 0 aromatic rings. The second kappa shape index (κ2) is 3.46. The Labute approximate surface area is 105 Å². The van der Waals surface area contributed by atoms with Gasteiger partial charge in [-0.05, 0) is 68.3 Å². The molecule has 94 valence electrons. The molecule has 17 heavy (non-hydrogen) atoms. The van der Waals surface area contributed by atoms with E-state index < -0.39 is 0 Å². The molecule has 0 N–H and O–H groups in total. The van der Waals surface area contributed by atoms with Crippen molar-refractivity contribution < 1.29 is 0 Å². The molecule has 1 aliphatic heterocycles. The first-order valence-corrected chi connectivity index (χ1v) is 7.20. The quantitative estimate of drug-likeness (QED) is 0.591. The molecule has 5 atom stereocenters. The SMILES string of the molecule is CC1=NC(C)[C@H](C)[C@@]2(C)CC23C[C@@H]3CCC=C1. The molecule has 0 aromatic heterocycles. The third-order valence-electron chi connectivity index (χ3n) is 6.10. The highest BCUT2D eigenvalue weighted by Crippen LogP contribution is 2.85. The molecule has 1 nitrogen and oxygen atoms in total. The van der Waals surface area contributed by atoms with Gasteiger partial charge in [-0.25, -0.2) is 0 Å². The fourth-order valence-corrected chi connectivity index (χ4v) is 4.46. The second-order valence-corrected chi connectivity index (χ2v) is 6.93. The summed E-state index contributed by atoms with van der Waals surface area (Å²) in [6.07, 6.45) is 10.2. The van der Waals surface area contributed by atoms with Crippen LogP contribution in [0, 0.1) is 22.7 Å². The Bertz CT molecular complexity index is 394. The van der Waals surface area contributed by atoms with Gasteiger partial charge < -0.3 is 0 Å². The van der Waals surface area contributed by atoms with Crippen molar-refractivity contribution in [1.29, 1.82) is 0 Å². The van der Waals surface area contributed by atoms with Gasteiger partial charge in [-0.1, -0.05) is 19.9 Å². The van der Waals surface area contributed by atoms with Gasteiger partial charge in [0.05, 0.1) is 6.04 Å². The smallest absolute Gasteiger partial charge is 0.0505 e. The lowest BCUT2D eigenvalue weighted by atomic mass is 9.83. The first-order chi connectivity index (χ1) is 7.99. The molecule has 0 amide bonds. The molecule has 3 rings (SSSR count). The van der Waals surface area contributed by atoms with Crippen molar-refractivity contribution in [3.63, 3.8) is 0 Å². The average Bonchev–Trinajstić information content (AvgIpc) is 3.11. The number of hydrogen-bond donors (Lipinski definition) is 0. The van der Waals surface area contributed by atoms with Crippen LogP contribution in [0.3, 0.4) is 0 Å². The van der Waals surface area contributed by atoms with Crippen LogP contribution in [0.4, 0.5) is 0 Å². The van der Waals surface area contributed by atoms with Crippen LogP contribution in [0.5, 0.6) is 0 Å². The van der Waals surface area contributed by atoms with Gasteiger partial charge >= 0.3 is 0 Å². The Kier molecular flexibility index (Phi) is 2.34. The zero-order chi connectivity index (χ0) is 12.3. The predicted molar refractivity (Wildman–Crippen MR) is 73.4 cm³/mol. The van der Waals surface area contributed by atoms with E-state index in [1.165, 1.54) is 31.4 Å². The molecule has 1 heteroatoms. The fraction of sp³-hybridized carbons (Fsp3) is 0.812. The molecule has 2 aliphatic carbocycles. The zero-order valence-electron chi connectivity index (χ0n) is 11.7. The van der Waals surface area contributed by atoms with Crippen molar-refractivity contribution >= 4 is 5.71 Å². The van der Waals surface area contributed by atoms with Crippen LogP contribution < -0.4 is 0 Å². The Morgan fingerprint density at radius 1 is 1.35 bits per heavy atom. The van der Waals surface area contributed by atoms with Crippen LogP contribution in [-0.4, -0.2) is 11.8 Å². The van der Waals surface area contributed by atoms with Gasteiger partial charge in [-0.15, -0.1) is 0 Å².